The van der Waals surface area contributed by atoms with Gasteiger partial charge in [-0.15, -0.1) is 0 Å². The monoisotopic (exact) mass is 317 g/mol. The second kappa shape index (κ2) is 6.17. The molecule has 0 saturated heterocycles. The zero-order chi connectivity index (χ0) is 17.3. The Morgan fingerprint density at radius 1 is 1.17 bits per heavy atom. The summed E-state index contributed by atoms with van der Waals surface area (Å²) in [5, 5.41) is 11.4. The normalized spacial score (nSPS) is 11.9. The van der Waals surface area contributed by atoms with E-state index < -0.39 is 0 Å². The molecular weight excluding hydrogens is 298 g/mol. The van der Waals surface area contributed by atoms with Crippen molar-refractivity contribution in [2.45, 2.75) is 19.9 Å². The van der Waals surface area contributed by atoms with Crippen LogP contribution in [0.2, 0.25) is 0 Å². The number of aromatic nitrogens is 2. The summed E-state index contributed by atoms with van der Waals surface area (Å²) in [6.45, 7) is 4.22. The lowest BCUT2D eigenvalue weighted by Crippen LogP contribution is -2.24. The Kier molecular flexibility index (Phi) is 4.05. The van der Waals surface area contributed by atoms with E-state index in [0.29, 0.717) is 11.5 Å². The maximum absolute atomic E-state index is 8.96. The largest absolute Gasteiger partial charge is 0.382 e. The van der Waals surface area contributed by atoms with Crippen LogP contribution in [0.4, 0.5) is 11.8 Å². The summed E-state index contributed by atoms with van der Waals surface area (Å²) in [6.07, 6.45) is 1.47. The van der Waals surface area contributed by atoms with Crippen LogP contribution in [0, 0.1) is 18.3 Å². The number of fused-ring (bicyclic) bond motifs is 1. The molecule has 1 unspecified atom stereocenters. The zero-order valence-electron chi connectivity index (χ0n) is 14.0. The van der Waals surface area contributed by atoms with Gasteiger partial charge >= 0.3 is 0 Å². The molecule has 0 aliphatic carbocycles. The minimum atomic E-state index is 0.0582. The molecule has 0 fully saturated rings. The Bertz CT molecular complexity index is 942. The highest BCUT2D eigenvalue weighted by Crippen LogP contribution is 2.31. The van der Waals surface area contributed by atoms with Gasteiger partial charge in [0.2, 0.25) is 5.95 Å². The molecule has 0 spiro atoms. The van der Waals surface area contributed by atoms with Gasteiger partial charge in [0.1, 0.15) is 17.5 Å². The van der Waals surface area contributed by atoms with Crippen LogP contribution in [0.15, 0.2) is 42.6 Å². The number of aryl methyl sites for hydroxylation is 1. The van der Waals surface area contributed by atoms with Gasteiger partial charge in [0, 0.05) is 7.05 Å². The van der Waals surface area contributed by atoms with E-state index in [1.807, 2.05) is 24.1 Å². The van der Waals surface area contributed by atoms with Crippen molar-refractivity contribution in [2.75, 3.05) is 17.7 Å². The predicted octanol–water partition coefficient (Wildman–Crippen LogP) is 3.59. The van der Waals surface area contributed by atoms with Crippen LogP contribution < -0.4 is 10.6 Å². The highest BCUT2D eigenvalue weighted by atomic mass is 15.3. The molecule has 0 amide bonds. The maximum atomic E-state index is 8.96. The molecule has 5 heteroatoms. The second-order valence-electron chi connectivity index (χ2n) is 5.88. The van der Waals surface area contributed by atoms with Gasteiger partial charge < -0.3 is 10.6 Å². The number of nitrogen functional groups attached to an aromatic ring is 1. The van der Waals surface area contributed by atoms with Gasteiger partial charge in [0.05, 0.1) is 12.2 Å². The lowest BCUT2D eigenvalue weighted by Gasteiger charge is -2.26. The van der Waals surface area contributed by atoms with Gasteiger partial charge in [-0.05, 0) is 35.7 Å². The Hall–Kier alpha value is -3.13. The van der Waals surface area contributed by atoms with Crippen molar-refractivity contribution in [3.05, 3.63) is 59.3 Å². The predicted molar refractivity (Wildman–Crippen MR) is 96.7 cm³/mol. The number of nitrogens with zero attached hydrogens (tertiary/aromatic N) is 4. The van der Waals surface area contributed by atoms with Crippen LogP contribution in [0.25, 0.3) is 10.8 Å². The van der Waals surface area contributed by atoms with E-state index in [9.17, 15) is 0 Å². The van der Waals surface area contributed by atoms with E-state index in [-0.39, 0.29) is 11.9 Å². The van der Waals surface area contributed by atoms with E-state index >= 15 is 0 Å². The first-order valence-corrected chi connectivity index (χ1v) is 7.76. The Labute approximate surface area is 141 Å². The molecule has 0 saturated carbocycles. The number of rotatable bonds is 3. The summed E-state index contributed by atoms with van der Waals surface area (Å²) in [5.74, 6) is 0.707. The molecule has 1 aromatic heterocycles. The first kappa shape index (κ1) is 15.8. The summed E-state index contributed by atoms with van der Waals surface area (Å²) in [6, 6.07) is 14.7. The van der Waals surface area contributed by atoms with Gasteiger partial charge in [-0.25, -0.2) is 4.98 Å². The van der Waals surface area contributed by atoms with E-state index in [0.717, 1.165) is 0 Å². The van der Waals surface area contributed by atoms with E-state index in [2.05, 4.69) is 54.1 Å². The van der Waals surface area contributed by atoms with Crippen molar-refractivity contribution in [1.82, 2.24) is 9.97 Å². The Morgan fingerprint density at radius 2 is 1.88 bits per heavy atom. The highest BCUT2D eigenvalue weighted by molar-refractivity contribution is 5.89. The third-order valence-electron chi connectivity index (χ3n) is 4.45. The molecule has 0 bridgehead atoms. The molecule has 1 heterocycles. The molecule has 1 atom stereocenters. The average molecular weight is 317 g/mol. The summed E-state index contributed by atoms with van der Waals surface area (Å²) < 4.78 is 0. The number of anilines is 2. The summed E-state index contributed by atoms with van der Waals surface area (Å²) in [7, 11) is 1.93. The summed E-state index contributed by atoms with van der Waals surface area (Å²) in [5.41, 5.74) is 8.56. The minimum absolute atomic E-state index is 0.0582. The van der Waals surface area contributed by atoms with Crippen LogP contribution in [0.3, 0.4) is 0 Å². The topological polar surface area (TPSA) is 78.8 Å². The second-order valence-corrected chi connectivity index (χ2v) is 5.88. The highest BCUT2D eigenvalue weighted by Gasteiger charge is 2.18. The zero-order valence-corrected chi connectivity index (χ0v) is 14.0. The molecule has 24 heavy (non-hydrogen) atoms. The van der Waals surface area contributed by atoms with Crippen LogP contribution in [0.5, 0.6) is 0 Å². The van der Waals surface area contributed by atoms with Crippen molar-refractivity contribution in [3.8, 4) is 6.07 Å². The molecule has 5 nitrogen and oxygen atoms in total. The fourth-order valence-corrected chi connectivity index (χ4v) is 2.86. The van der Waals surface area contributed by atoms with E-state index in [4.69, 9.17) is 11.0 Å². The summed E-state index contributed by atoms with van der Waals surface area (Å²) in [4.78, 5) is 10.5. The standard InChI is InChI=1S/C19H19N5/c1-12-8-9-16(17-7-5-4-6-15(12)17)13(2)24(3)19-22-11-14(10-20)18(21)23-19/h4-9,11,13H,1-3H3,(H2,21,22,23). The number of nitrogens with two attached hydrogens (primary N) is 1. The van der Waals surface area contributed by atoms with Crippen LogP contribution in [-0.2, 0) is 0 Å². The smallest absolute Gasteiger partial charge is 0.227 e. The quantitative estimate of drug-likeness (QED) is 0.798. The van der Waals surface area contributed by atoms with Crippen molar-refractivity contribution in [3.63, 3.8) is 0 Å². The third-order valence-corrected chi connectivity index (χ3v) is 4.45. The van der Waals surface area contributed by atoms with Crippen molar-refractivity contribution < 1.29 is 0 Å². The number of benzene rings is 2. The number of hydrogen-bond donors (Lipinski definition) is 1. The molecule has 2 aromatic carbocycles. The first-order valence-electron chi connectivity index (χ1n) is 7.76. The molecule has 3 aromatic rings. The molecule has 2 N–H and O–H groups in total. The fraction of sp³-hybridized carbons (Fsp3) is 0.211. The molecule has 120 valence electrons. The fourth-order valence-electron chi connectivity index (χ4n) is 2.86. The van der Waals surface area contributed by atoms with Gasteiger partial charge in [-0.1, -0.05) is 36.4 Å². The maximum Gasteiger partial charge on any atom is 0.227 e. The lowest BCUT2D eigenvalue weighted by molar-refractivity contribution is 0.721. The van der Waals surface area contributed by atoms with Gasteiger partial charge in [0.15, 0.2) is 0 Å². The number of hydrogen-bond acceptors (Lipinski definition) is 5. The molecule has 3 rings (SSSR count). The third kappa shape index (κ3) is 2.63. The lowest BCUT2D eigenvalue weighted by atomic mass is 9.96. The van der Waals surface area contributed by atoms with Gasteiger partial charge in [0.25, 0.3) is 0 Å². The van der Waals surface area contributed by atoms with Crippen LogP contribution in [0.1, 0.15) is 29.7 Å². The van der Waals surface area contributed by atoms with Crippen molar-refractivity contribution in [1.29, 1.82) is 5.26 Å². The average Bonchev–Trinajstić information content (AvgIpc) is 2.61. The van der Waals surface area contributed by atoms with Crippen LogP contribution in [-0.4, -0.2) is 17.0 Å². The van der Waals surface area contributed by atoms with Gasteiger partial charge in [-0.3, -0.25) is 0 Å². The minimum Gasteiger partial charge on any atom is -0.382 e. The van der Waals surface area contributed by atoms with Gasteiger partial charge in [-0.2, -0.15) is 10.2 Å². The number of nitriles is 1. The first-order chi connectivity index (χ1) is 11.5. The van der Waals surface area contributed by atoms with Crippen molar-refractivity contribution >= 4 is 22.5 Å². The van der Waals surface area contributed by atoms with E-state index in [1.165, 1.54) is 28.1 Å². The van der Waals surface area contributed by atoms with Crippen molar-refractivity contribution in [2.24, 2.45) is 0 Å². The molecule has 0 aliphatic heterocycles. The Balaban J connectivity index is 2.03. The summed E-state index contributed by atoms with van der Waals surface area (Å²) >= 11 is 0. The molecule has 0 radical (unpaired) electrons. The molecule has 0 aliphatic rings. The Morgan fingerprint density at radius 3 is 2.54 bits per heavy atom. The van der Waals surface area contributed by atoms with Crippen LogP contribution >= 0.6 is 0 Å². The molecular formula is C19H19N5. The SMILES string of the molecule is Cc1ccc(C(C)N(C)c2ncc(C#N)c(N)n2)c2ccccc12. The van der Waals surface area contributed by atoms with E-state index in [1.54, 1.807) is 0 Å².